The van der Waals surface area contributed by atoms with Crippen molar-refractivity contribution < 1.29 is 23.8 Å². The van der Waals surface area contributed by atoms with E-state index in [1.54, 1.807) is 48.8 Å². The summed E-state index contributed by atoms with van der Waals surface area (Å²) in [5.74, 6) is 1.68. The van der Waals surface area contributed by atoms with Crippen LogP contribution in [0.3, 0.4) is 0 Å². The van der Waals surface area contributed by atoms with Crippen LogP contribution in [0.1, 0.15) is 50.2 Å². The van der Waals surface area contributed by atoms with Crippen molar-refractivity contribution in [1.29, 1.82) is 0 Å². The summed E-state index contributed by atoms with van der Waals surface area (Å²) in [6.07, 6.45) is 0.523. The van der Waals surface area contributed by atoms with Crippen LogP contribution in [0.4, 0.5) is 0 Å². The van der Waals surface area contributed by atoms with Crippen molar-refractivity contribution in [2.75, 3.05) is 27.1 Å². The molecule has 0 unspecified atom stereocenters. The molecule has 3 aromatic carbocycles. The fourth-order valence-corrected chi connectivity index (χ4v) is 7.28. The molecule has 11 nitrogen and oxygen atoms in total. The first kappa shape index (κ1) is 33.7. The number of hydrogen-bond acceptors (Lipinski definition) is 10. The van der Waals surface area contributed by atoms with Crippen LogP contribution in [-0.2, 0) is 11.3 Å². The van der Waals surface area contributed by atoms with Crippen LogP contribution >= 0.6 is 23.1 Å². The number of rotatable bonds is 12. The number of hydrogen-bond donors (Lipinski definition) is 1. The van der Waals surface area contributed by atoms with E-state index in [1.165, 1.54) is 18.9 Å². The summed E-state index contributed by atoms with van der Waals surface area (Å²) >= 11 is 2.85. The second-order valence-electron chi connectivity index (χ2n) is 11.3. The number of nitrogens with one attached hydrogen (secondary N) is 1. The number of nitrogens with zero attached hydrogens (tertiary/aromatic N) is 5. The van der Waals surface area contributed by atoms with Gasteiger partial charge >= 0.3 is 0 Å². The van der Waals surface area contributed by atoms with Crippen LogP contribution in [0.15, 0.2) is 88.4 Å². The zero-order valence-electron chi connectivity index (χ0n) is 27.8. The van der Waals surface area contributed by atoms with Crippen LogP contribution in [0.5, 0.6) is 17.2 Å². The van der Waals surface area contributed by atoms with Crippen molar-refractivity contribution in [3.05, 3.63) is 111 Å². The Balaban J connectivity index is 1.29. The Hall–Kier alpha value is -5.14. The molecule has 0 saturated carbocycles. The second kappa shape index (κ2) is 15.0. The highest BCUT2D eigenvalue weighted by molar-refractivity contribution is 7.99. The summed E-state index contributed by atoms with van der Waals surface area (Å²) in [5.41, 5.74) is 4.95. The molecule has 1 aliphatic heterocycles. The average molecular weight is 697 g/mol. The lowest BCUT2D eigenvalue weighted by Crippen LogP contribution is -2.29. The van der Waals surface area contributed by atoms with E-state index < -0.39 is 6.04 Å². The lowest BCUT2D eigenvalue weighted by Gasteiger charge is -2.24. The molecule has 6 rings (SSSR count). The Bertz CT molecular complexity index is 2010. The number of ether oxygens (including phenoxy) is 3. The van der Waals surface area contributed by atoms with Crippen LogP contribution in [-0.4, -0.2) is 64.4 Å². The number of carbonyl (C=O) groups is 2. The monoisotopic (exact) mass is 696 g/mol. The molecule has 1 aliphatic rings. The van der Waals surface area contributed by atoms with Gasteiger partial charge in [-0.05, 0) is 60.7 Å². The lowest BCUT2D eigenvalue weighted by atomic mass is 9.99. The minimum atomic E-state index is -0.395. The Kier molecular flexibility index (Phi) is 10.3. The number of methoxy groups -OCH3 is 3. The Morgan fingerprint density at radius 3 is 2.49 bits per heavy atom. The molecule has 0 bridgehead atoms. The first-order chi connectivity index (χ1) is 23.8. The average Bonchev–Trinajstić information content (AvgIpc) is 3.90. The SMILES string of the molecule is COc1ccccc1C(=O)NCc1nnc(SCC(=O)N2N=C(c3cccs3)C[C@H]2c2cccc(OC)c2OC)n1-c1cc(C)ccc1C. The van der Waals surface area contributed by atoms with Crippen molar-refractivity contribution in [2.45, 2.75) is 38.0 Å². The fraction of sp³-hybridized carbons (Fsp3) is 0.250. The number of para-hydroxylation sites is 2. The molecule has 0 radical (unpaired) electrons. The van der Waals surface area contributed by atoms with E-state index in [0.717, 1.165) is 33.0 Å². The molecule has 1 atom stereocenters. The molecule has 0 spiro atoms. The van der Waals surface area contributed by atoms with Crippen LogP contribution in [0.2, 0.25) is 0 Å². The van der Waals surface area contributed by atoms with E-state index >= 15 is 0 Å². The van der Waals surface area contributed by atoms with Gasteiger partial charge in [-0.2, -0.15) is 5.10 Å². The molecule has 2 aromatic heterocycles. The number of carbonyl (C=O) groups excluding carboxylic acids is 2. The largest absolute Gasteiger partial charge is 0.496 e. The number of thioether (sulfide) groups is 1. The molecule has 3 heterocycles. The van der Waals surface area contributed by atoms with Crippen LogP contribution < -0.4 is 19.5 Å². The zero-order valence-corrected chi connectivity index (χ0v) is 29.4. The Labute approximate surface area is 292 Å². The van der Waals surface area contributed by atoms with Gasteiger partial charge in [0.05, 0.1) is 61.5 Å². The third kappa shape index (κ3) is 7.03. The normalized spacial score (nSPS) is 14.0. The summed E-state index contributed by atoms with van der Waals surface area (Å²) in [6, 6.07) is 22.4. The minimum Gasteiger partial charge on any atom is -0.496 e. The van der Waals surface area contributed by atoms with Crippen molar-refractivity contribution >= 4 is 40.6 Å². The molecule has 2 amide bonds. The fourth-order valence-electron chi connectivity index (χ4n) is 5.74. The molecule has 1 N–H and O–H groups in total. The predicted molar refractivity (Wildman–Crippen MR) is 190 cm³/mol. The van der Waals surface area contributed by atoms with Gasteiger partial charge in [-0.25, -0.2) is 5.01 Å². The smallest absolute Gasteiger partial charge is 0.255 e. The summed E-state index contributed by atoms with van der Waals surface area (Å²) in [7, 11) is 4.71. The second-order valence-corrected chi connectivity index (χ2v) is 13.2. The number of aromatic nitrogens is 3. The lowest BCUT2D eigenvalue weighted by molar-refractivity contribution is -0.130. The molecule has 5 aromatic rings. The van der Waals surface area contributed by atoms with Crippen molar-refractivity contribution in [1.82, 2.24) is 25.1 Å². The van der Waals surface area contributed by atoms with Gasteiger partial charge in [0.1, 0.15) is 5.75 Å². The van der Waals surface area contributed by atoms with Gasteiger partial charge in [0, 0.05) is 12.0 Å². The highest BCUT2D eigenvalue weighted by Crippen LogP contribution is 2.42. The van der Waals surface area contributed by atoms with E-state index in [9.17, 15) is 9.59 Å². The van der Waals surface area contributed by atoms with Crippen molar-refractivity contribution in [2.24, 2.45) is 5.10 Å². The molecule has 0 aliphatic carbocycles. The van der Waals surface area contributed by atoms with Gasteiger partial charge in [-0.3, -0.25) is 14.2 Å². The van der Waals surface area contributed by atoms with Gasteiger partial charge in [0.2, 0.25) is 0 Å². The number of aryl methyl sites for hydroxylation is 2. The summed E-state index contributed by atoms with van der Waals surface area (Å²) < 4.78 is 18.6. The van der Waals surface area contributed by atoms with Gasteiger partial charge in [-0.1, -0.05) is 54.2 Å². The third-order valence-corrected chi connectivity index (χ3v) is 9.99. The topological polar surface area (TPSA) is 120 Å². The predicted octanol–water partition coefficient (Wildman–Crippen LogP) is 6.37. The maximum atomic E-state index is 14.1. The van der Waals surface area contributed by atoms with E-state index in [-0.39, 0.29) is 24.1 Å². The molecule has 13 heteroatoms. The van der Waals surface area contributed by atoms with Gasteiger partial charge < -0.3 is 19.5 Å². The van der Waals surface area contributed by atoms with E-state index in [1.807, 2.05) is 78.4 Å². The molecule has 0 saturated heterocycles. The third-order valence-electron chi connectivity index (χ3n) is 8.15. The van der Waals surface area contributed by atoms with E-state index in [4.69, 9.17) is 19.3 Å². The number of thiophene rings is 1. The molecule has 49 heavy (non-hydrogen) atoms. The zero-order chi connectivity index (χ0) is 34.5. The van der Waals surface area contributed by atoms with Crippen molar-refractivity contribution in [3.8, 4) is 22.9 Å². The standard InChI is InChI=1S/C36H36N6O5S2/c1-22-15-16-23(2)27(18-22)41-32(20-37-35(44)25-10-6-7-12-29(25)45-3)38-39-36(41)49-21-33(43)42-28(19-26(40-42)31-14-9-17-48-31)24-11-8-13-30(46-4)34(24)47-5/h6-18,28H,19-21H2,1-5H3,(H,37,44)/t28-/m0/s1. The number of amides is 2. The number of hydrazone groups is 1. The van der Waals surface area contributed by atoms with Gasteiger partial charge in [-0.15, -0.1) is 21.5 Å². The highest BCUT2D eigenvalue weighted by Gasteiger charge is 2.36. The maximum Gasteiger partial charge on any atom is 0.255 e. The molecular formula is C36H36N6O5S2. The van der Waals surface area contributed by atoms with Gasteiger partial charge in [0.25, 0.3) is 11.8 Å². The van der Waals surface area contributed by atoms with E-state index in [0.29, 0.717) is 40.2 Å². The first-order valence-corrected chi connectivity index (χ1v) is 17.4. The summed E-state index contributed by atoms with van der Waals surface area (Å²) in [5, 5.41) is 20.8. The van der Waals surface area contributed by atoms with Crippen LogP contribution in [0, 0.1) is 13.8 Å². The quantitative estimate of drug-likeness (QED) is 0.150. The first-order valence-electron chi connectivity index (χ1n) is 15.5. The molecule has 252 valence electrons. The Morgan fingerprint density at radius 1 is 0.939 bits per heavy atom. The number of benzene rings is 3. The van der Waals surface area contributed by atoms with E-state index in [2.05, 4.69) is 15.5 Å². The minimum absolute atomic E-state index is 0.0422. The highest BCUT2D eigenvalue weighted by atomic mass is 32.2. The van der Waals surface area contributed by atoms with Crippen molar-refractivity contribution in [3.63, 3.8) is 0 Å². The summed E-state index contributed by atoms with van der Waals surface area (Å²) in [6.45, 7) is 4.11. The maximum absolute atomic E-state index is 14.1. The Morgan fingerprint density at radius 2 is 1.73 bits per heavy atom. The molecular weight excluding hydrogens is 661 g/mol. The van der Waals surface area contributed by atoms with Crippen LogP contribution in [0.25, 0.3) is 5.69 Å². The van der Waals surface area contributed by atoms with Gasteiger partial charge in [0.15, 0.2) is 22.5 Å². The summed E-state index contributed by atoms with van der Waals surface area (Å²) in [4.78, 5) is 28.2. The molecule has 0 fully saturated rings.